The highest BCUT2D eigenvalue weighted by atomic mass is 32.2. The summed E-state index contributed by atoms with van der Waals surface area (Å²) < 4.78 is 6.35. The van der Waals surface area contributed by atoms with E-state index in [0.717, 1.165) is 22.4 Å². The summed E-state index contributed by atoms with van der Waals surface area (Å²) in [5.74, 6) is 1.92. The zero-order valence-electron chi connectivity index (χ0n) is 22.7. The number of thiophene rings is 2. The molecule has 0 aliphatic rings. The minimum atomic E-state index is 0.626. The Bertz CT molecular complexity index is 2390. The van der Waals surface area contributed by atoms with E-state index in [-0.39, 0.29) is 0 Å². The van der Waals surface area contributed by atoms with Crippen LogP contribution in [0, 0.1) is 0 Å². The second-order valence-electron chi connectivity index (χ2n) is 10.4. The van der Waals surface area contributed by atoms with Gasteiger partial charge in [0.2, 0.25) is 0 Å². The van der Waals surface area contributed by atoms with Gasteiger partial charge in [0, 0.05) is 55.6 Å². The number of fused-ring (bicyclic) bond motifs is 7. The highest BCUT2D eigenvalue weighted by molar-refractivity contribution is 7.45. The molecule has 0 bridgehead atoms. The molecule has 0 aliphatic carbocycles. The van der Waals surface area contributed by atoms with Crippen LogP contribution in [0.1, 0.15) is 0 Å². The first-order valence-electron chi connectivity index (χ1n) is 14.0. The topological polar surface area (TPSA) is 56.5 Å². The van der Waals surface area contributed by atoms with Crippen LogP contribution in [0.5, 0.6) is 0 Å². The van der Waals surface area contributed by atoms with Crippen LogP contribution in [0.2, 0.25) is 0 Å². The number of aromatic nitrogens is 5. The molecule has 0 aliphatic heterocycles. The van der Waals surface area contributed by atoms with E-state index in [0.29, 0.717) is 17.5 Å². The third kappa shape index (κ3) is 3.90. The molecule has 5 heterocycles. The molecule has 0 atom stereocenters. The first kappa shape index (κ1) is 24.4. The zero-order chi connectivity index (χ0) is 28.3. The molecule has 43 heavy (non-hydrogen) atoms. The second kappa shape index (κ2) is 9.66. The van der Waals surface area contributed by atoms with Crippen molar-refractivity contribution < 1.29 is 0 Å². The average Bonchev–Trinajstić information content (AvgIpc) is 3.72. The highest BCUT2D eigenvalue weighted by Crippen LogP contribution is 2.49. The minimum absolute atomic E-state index is 0.626. The number of rotatable bonds is 4. The number of nitrogens with zero attached hydrogens (tertiary/aromatic N) is 5. The van der Waals surface area contributed by atoms with Gasteiger partial charge in [-0.3, -0.25) is 4.98 Å². The third-order valence-corrected chi connectivity index (χ3v) is 10.3. The van der Waals surface area contributed by atoms with Gasteiger partial charge in [-0.2, -0.15) is 0 Å². The quantitative estimate of drug-likeness (QED) is 0.206. The number of hydrogen-bond donors (Lipinski definition) is 0. The molecule has 0 spiro atoms. The minimum Gasteiger partial charge on any atom is -0.308 e. The van der Waals surface area contributed by atoms with Gasteiger partial charge in [-0.25, -0.2) is 15.0 Å². The van der Waals surface area contributed by atoms with Crippen LogP contribution >= 0.6 is 22.7 Å². The van der Waals surface area contributed by atoms with Crippen molar-refractivity contribution in [3.05, 3.63) is 128 Å². The normalized spacial score (nSPS) is 11.7. The summed E-state index contributed by atoms with van der Waals surface area (Å²) in [6.45, 7) is 0. The molecule has 0 amide bonds. The molecular weight excluding hydrogens is 567 g/mol. The molecular formula is C36H21N5S2. The van der Waals surface area contributed by atoms with E-state index in [4.69, 9.17) is 15.0 Å². The van der Waals surface area contributed by atoms with E-state index in [9.17, 15) is 0 Å². The summed E-state index contributed by atoms with van der Waals surface area (Å²) in [6.07, 6.45) is 3.53. The Balaban J connectivity index is 1.33. The van der Waals surface area contributed by atoms with Gasteiger partial charge in [0.1, 0.15) is 0 Å². The Labute approximate surface area is 254 Å². The largest absolute Gasteiger partial charge is 0.308 e. The molecule has 0 saturated heterocycles. The lowest BCUT2D eigenvalue weighted by Gasteiger charge is -2.10. The van der Waals surface area contributed by atoms with Gasteiger partial charge in [-0.15, -0.1) is 22.7 Å². The summed E-state index contributed by atoms with van der Waals surface area (Å²) in [4.78, 5) is 19.0. The van der Waals surface area contributed by atoms with Gasteiger partial charge in [0.15, 0.2) is 17.5 Å². The van der Waals surface area contributed by atoms with Crippen LogP contribution in [-0.4, -0.2) is 24.5 Å². The van der Waals surface area contributed by atoms with Gasteiger partial charge < -0.3 is 4.57 Å². The fourth-order valence-corrected chi connectivity index (χ4v) is 8.52. The summed E-state index contributed by atoms with van der Waals surface area (Å²) >= 11 is 3.75. The number of pyridine rings is 1. The second-order valence-corrected chi connectivity index (χ2v) is 12.7. The van der Waals surface area contributed by atoms with E-state index in [2.05, 4.69) is 82.3 Å². The maximum Gasteiger partial charge on any atom is 0.164 e. The molecule has 9 rings (SSSR count). The van der Waals surface area contributed by atoms with Crippen molar-refractivity contribution in [3.8, 4) is 39.9 Å². The first-order chi connectivity index (χ1) is 21.3. The standard InChI is InChI=1S/C36H21N5S2/c1-3-9-22(10-4-1)33-38-34(23-17-19-37-20-18-23)40-35(39-33)24-15-16-28-27(21-24)32-31(41(28)25-11-5-2-6-12-25)30-26-13-7-8-14-29(26)42-36(30)43-32/h1-21H. The molecule has 0 unspecified atom stereocenters. The van der Waals surface area contributed by atoms with E-state index in [1.807, 2.05) is 65.1 Å². The van der Waals surface area contributed by atoms with Gasteiger partial charge >= 0.3 is 0 Å². The first-order valence-corrected chi connectivity index (χ1v) is 15.6. The molecule has 0 N–H and O–H groups in total. The highest BCUT2D eigenvalue weighted by Gasteiger charge is 2.22. The van der Waals surface area contributed by atoms with E-state index < -0.39 is 0 Å². The van der Waals surface area contributed by atoms with Crippen LogP contribution in [0.3, 0.4) is 0 Å². The summed E-state index contributed by atoms with van der Waals surface area (Å²) in [6, 6.07) is 39.9. The zero-order valence-corrected chi connectivity index (χ0v) is 24.3. The molecule has 4 aromatic carbocycles. The lowest BCUT2D eigenvalue weighted by molar-refractivity contribution is 1.07. The molecule has 5 aromatic heterocycles. The molecule has 202 valence electrons. The molecule has 0 radical (unpaired) electrons. The van der Waals surface area contributed by atoms with E-state index >= 15 is 0 Å². The Morgan fingerprint density at radius 1 is 0.535 bits per heavy atom. The Kier molecular flexibility index (Phi) is 5.47. The summed E-state index contributed by atoms with van der Waals surface area (Å²) in [7, 11) is 0. The van der Waals surface area contributed by atoms with Crippen LogP contribution in [0.4, 0.5) is 0 Å². The Hall–Kier alpha value is -5.24. The van der Waals surface area contributed by atoms with Crippen LogP contribution in [0.25, 0.3) is 80.5 Å². The van der Waals surface area contributed by atoms with Crippen molar-refractivity contribution in [3.63, 3.8) is 0 Å². The fourth-order valence-electron chi connectivity index (χ4n) is 5.84. The van der Waals surface area contributed by atoms with Gasteiger partial charge in [-0.05, 0) is 48.5 Å². The number of benzene rings is 4. The van der Waals surface area contributed by atoms with Gasteiger partial charge in [-0.1, -0.05) is 66.7 Å². The Morgan fingerprint density at radius 3 is 1.95 bits per heavy atom. The van der Waals surface area contributed by atoms with Crippen LogP contribution in [-0.2, 0) is 0 Å². The smallest absolute Gasteiger partial charge is 0.164 e. The van der Waals surface area contributed by atoms with Gasteiger partial charge in [0.25, 0.3) is 0 Å². The molecule has 0 fully saturated rings. The summed E-state index contributed by atoms with van der Waals surface area (Å²) in [5, 5.41) is 3.83. The maximum absolute atomic E-state index is 4.99. The average molecular weight is 588 g/mol. The third-order valence-electron chi connectivity index (χ3n) is 7.79. The number of para-hydroxylation sites is 1. The Morgan fingerprint density at radius 2 is 1.19 bits per heavy atom. The fraction of sp³-hybridized carbons (Fsp3) is 0. The SMILES string of the molecule is c1ccc(-c2nc(-c3ccncc3)nc(-c3ccc4c(c3)c3sc5sc6ccccc6c5c3n4-c3ccccc3)n2)cc1. The lowest BCUT2D eigenvalue weighted by Crippen LogP contribution is -2.00. The predicted molar refractivity (Wildman–Crippen MR) is 179 cm³/mol. The molecule has 9 aromatic rings. The van der Waals surface area contributed by atoms with Crippen LogP contribution < -0.4 is 0 Å². The molecule has 0 saturated carbocycles. The molecule has 7 heteroatoms. The lowest BCUT2D eigenvalue weighted by atomic mass is 10.1. The van der Waals surface area contributed by atoms with Crippen molar-refractivity contribution in [1.82, 2.24) is 24.5 Å². The van der Waals surface area contributed by atoms with Crippen molar-refractivity contribution >= 4 is 63.3 Å². The van der Waals surface area contributed by atoms with Crippen molar-refractivity contribution in [2.45, 2.75) is 0 Å². The maximum atomic E-state index is 4.99. The number of hydrogen-bond acceptors (Lipinski definition) is 6. The van der Waals surface area contributed by atoms with Crippen molar-refractivity contribution in [2.24, 2.45) is 0 Å². The molecule has 5 nitrogen and oxygen atoms in total. The van der Waals surface area contributed by atoms with E-state index in [1.54, 1.807) is 12.4 Å². The van der Waals surface area contributed by atoms with E-state index in [1.165, 1.54) is 40.6 Å². The van der Waals surface area contributed by atoms with Crippen molar-refractivity contribution in [1.29, 1.82) is 0 Å². The van der Waals surface area contributed by atoms with Gasteiger partial charge in [0.05, 0.1) is 19.7 Å². The summed E-state index contributed by atoms with van der Waals surface area (Å²) in [5.41, 5.74) is 6.38. The van der Waals surface area contributed by atoms with Crippen molar-refractivity contribution in [2.75, 3.05) is 0 Å². The monoisotopic (exact) mass is 587 g/mol. The predicted octanol–water partition coefficient (Wildman–Crippen LogP) is 9.79. The van der Waals surface area contributed by atoms with Crippen LogP contribution in [0.15, 0.2) is 128 Å².